The summed E-state index contributed by atoms with van der Waals surface area (Å²) in [5.41, 5.74) is 2.20. The molecular formula is C12H11NO2S. The van der Waals surface area contributed by atoms with Crippen molar-refractivity contribution >= 4 is 17.3 Å². The molecule has 0 bridgehead atoms. The molecule has 0 radical (unpaired) electrons. The summed E-state index contributed by atoms with van der Waals surface area (Å²) in [7, 11) is 1.38. The van der Waals surface area contributed by atoms with Gasteiger partial charge in [0.2, 0.25) is 0 Å². The van der Waals surface area contributed by atoms with Gasteiger partial charge in [0.05, 0.1) is 23.2 Å². The normalized spacial score (nSPS) is 10.1. The molecule has 3 nitrogen and oxygen atoms in total. The van der Waals surface area contributed by atoms with E-state index in [-0.39, 0.29) is 5.97 Å². The SMILES string of the molecule is COC(=O)c1cc(-c2cccs2)ncc1C. The minimum Gasteiger partial charge on any atom is -0.465 e. The largest absolute Gasteiger partial charge is 0.465 e. The fourth-order valence-corrected chi connectivity index (χ4v) is 2.11. The van der Waals surface area contributed by atoms with Gasteiger partial charge in [-0.1, -0.05) is 6.07 Å². The van der Waals surface area contributed by atoms with Crippen LogP contribution in [0.3, 0.4) is 0 Å². The van der Waals surface area contributed by atoms with E-state index in [9.17, 15) is 4.79 Å². The van der Waals surface area contributed by atoms with Crippen molar-refractivity contribution in [1.82, 2.24) is 4.98 Å². The standard InChI is InChI=1S/C12H11NO2S/c1-8-7-13-10(11-4-3-5-16-11)6-9(8)12(14)15-2/h3-7H,1-2H3. The van der Waals surface area contributed by atoms with E-state index in [4.69, 9.17) is 4.74 Å². The van der Waals surface area contributed by atoms with Crippen molar-refractivity contribution in [2.24, 2.45) is 0 Å². The van der Waals surface area contributed by atoms with E-state index in [2.05, 4.69) is 4.98 Å². The van der Waals surface area contributed by atoms with Crippen LogP contribution >= 0.6 is 11.3 Å². The number of esters is 1. The molecule has 0 N–H and O–H groups in total. The second-order valence-corrected chi connectivity index (χ2v) is 4.30. The summed E-state index contributed by atoms with van der Waals surface area (Å²) in [6.07, 6.45) is 1.70. The van der Waals surface area contributed by atoms with Gasteiger partial charge in [0.15, 0.2) is 0 Å². The average Bonchev–Trinajstić information content (AvgIpc) is 2.82. The van der Waals surface area contributed by atoms with E-state index >= 15 is 0 Å². The molecule has 82 valence electrons. The minimum absolute atomic E-state index is 0.322. The van der Waals surface area contributed by atoms with Gasteiger partial charge in [0.1, 0.15) is 0 Å². The van der Waals surface area contributed by atoms with Crippen LogP contribution in [-0.4, -0.2) is 18.1 Å². The van der Waals surface area contributed by atoms with Crippen LogP contribution in [0.15, 0.2) is 29.8 Å². The average molecular weight is 233 g/mol. The Bertz CT molecular complexity index is 506. The van der Waals surface area contributed by atoms with Crippen LogP contribution in [-0.2, 0) is 4.74 Å². The molecule has 0 saturated carbocycles. The van der Waals surface area contributed by atoms with Crippen LogP contribution in [0.5, 0.6) is 0 Å². The summed E-state index contributed by atoms with van der Waals surface area (Å²) in [6.45, 7) is 1.84. The van der Waals surface area contributed by atoms with E-state index < -0.39 is 0 Å². The summed E-state index contributed by atoms with van der Waals surface area (Å²) >= 11 is 1.60. The summed E-state index contributed by atoms with van der Waals surface area (Å²) in [6, 6.07) is 5.70. The summed E-state index contributed by atoms with van der Waals surface area (Å²) in [4.78, 5) is 16.9. The van der Waals surface area contributed by atoms with Crippen molar-refractivity contribution < 1.29 is 9.53 Å². The molecule has 0 atom stereocenters. The predicted molar refractivity (Wildman–Crippen MR) is 63.6 cm³/mol. The lowest BCUT2D eigenvalue weighted by atomic mass is 10.1. The maximum Gasteiger partial charge on any atom is 0.338 e. The van der Waals surface area contributed by atoms with Crippen molar-refractivity contribution in [3.05, 3.63) is 40.9 Å². The van der Waals surface area contributed by atoms with Gasteiger partial charge in [-0.15, -0.1) is 11.3 Å². The Morgan fingerprint density at radius 3 is 2.94 bits per heavy atom. The van der Waals surface area contributed by atoms with Gasteiger partial charge in [-0.3, -0.25) is 4.98 Å². The molecule has 0 aromatic carbocycles. The highest BCUT2D eigenvalue weighted by atomic mass is 32.1. The van der Waals surface area contributed by atoms with Crippen LogP contribution in [0.1, 0.15) is 15.9 Å². The van der Waals surface area contributed by atoms with Crippen molar-refractivity contribution in [3.8, 4) is 10.6 Å². The third-order valence-corrected chi connectivity index (χ3v) is 3.17. The number of aryl methyl sites for hydroxylation is 1. The molecule has 0 saturated heterocycles. The lowest BCUT2D eigenvalue weighted by Crippen LogP contribution is -2.04. The topological polar surface area (TPSA) is 39.2 Å². The van der Waals surface area contributed by atoms with Crippen molar-refractivity contribution in [2.75, 3.05) is 7.11 Å². The zero-order valence-electron chi connectivity index (χ0n) is 9.06. The van der Waals surface area contributed by atoms with E-state index in [0.29, 0.717) is 5.56 Å². The van der Waals surface area contributed by atoms with Gasteiger partial charge in [-0.2, -0.15) is 0 Å². The monoisotopic (exact) mass is 233 g/mol. The number of rotatable bonds is 2. The number of methoxy groups -OCH3 is 1. The van der Waals surface area contributed by atoms with Gasteiger partial charge < -0.3 is 4.74 Å². The molecule has 0 fully saturated rings. The highest BCUT2D eigenvalue weighted by Gasteiger charge is 2.11. The van der Waals surface area contributed by atoms with Gasteiger partial charge in [0.25, 0.3) is 0 Å². The van der Waals surface area contributed by atoms with Crippen molar-refractivity contribution in [3.63, 3.8) is 0 Å². The molecule has 0 aliphatic rings. The van der Waals surface area contributed by atoms with Crippen molar-refractivity contribution in [2.45, 2.75) is 6.92 Å². The van der Waals surface area contributed by atoms with Crippen LogP contribution in [0, 0.1) is 6.92 Å². The predicted octanol–water partition coefficient (Wildman–Crippen LogP) is 2.91. The second-order valence-electron chi connectivity index (χ2n) is 3.35. The Morgan fingerprint density at radius 1 is 1.50 bits per heavy atom. The zero-order chi connectivity index (χ0) is 11.5. The van der Waals surface area contributed by atoms with Gasteiger partial charge in [-0.25, -0.2) is 4.79 Å². The Morgan fingerprint density at radius 2 is 2.31 bits per heavy atom. The third kappa shape index (κ3) is 1.97. The molecule has 0 aliphatic carbocycles. The number of nitrogens with zero attached hydrogens (tertiary/aromatic N) is 1. The van der Waals surface area contributed by atoms with Gasteiger partial charge in [0, 0.05) is 6.20 Å². The molecule has 0 unspecified atom stereocenters. The Balaban J connectivity index is 2.47. The molecule has 2 aromatic heterocycles. The Kier molecular flexibility index (Phi) is 3.01. The number of hydrogen-bond acceptors (Lipinski definition) is 4. The lowest BCUT2D eigenvalue weighted by Gasteiger charge is -2.05. The maximum absolute atomic E-state index is 11.5. The molecule has 0 aliphatic heterocycles. The first-order valence-electron chi connectivity index (χ1n) is 4.81. The second kappa shape index (κ2) is 4.45. The van der Waals surface area contributed by atoms with Crippen LogP contribution in [0.2, 0.25) is 0 Å². The molecule has 2 heterocycles. The summed E-state index contributed by atoms with van der Waals surface area (Å²) in [5.74, 6) is -0.322. The molecule has 2 rings (SSSR count). The Labute approximate surface area is 97.7 Å². The first-order chi connectivity index (χ1) is 7.72. The molecule has 2 aromatic rings. The third-order valence-electron chi connectivity index (χ3n) is 2.28. The highest BCUT2D eigenvalue weighted by Crippen LogP contribution is 2.24. The number of hydrogen-bond donors (Lipinski definition) is 0. The number of ether oxygens (including phenoxy) is 1. The minimum atomic E-state index is -0.322. The van der Waals surface area contributed by atoms with Crippen molar-refractivity contribution in [1.29, 1.82) is 0 Å². The van der Waals surface area contributed by atoms with Crippen LogP contribution in [0.4, 0.5) is 0 Å². The van der Waals surface area contributed by atoms with E-state index in [1.54, 1.807) is 23.6 Å². The van der Waals surface area contributed by atoms with Gasteiger partial charge in [-0.05, 0) is 30.0 Å². The zero-order valence-corrected chi connectivity index (χ0v) is 9.88. The first-order valence-corrected chi connectivity index (χ1v) is 5.69. The number of pyridine rings is 1. The van der Waals surface area contributed by atoms with E-state index in [1.165, 1.54) is 7.11 Å². The highest BCUT2D eigenvalue weighted by molar-refractivity contribution is 7.13. The number of thiophene rings is 1. The first kappa shape index (κ1) is 10.8. The van der Waals surface area contributed by atoms with E-state index in [1.807, 2.05) is 24.4 Å². The quantitative estimate of drug-likeness (QED) is 0.749. The van der Waals surface area contributed by atoms with Gasteiger partial charge >= 0.3 is 5.97 Å². The van der Waals surface area contributed by atoms with Crippen LogP contribution < -0.4 is 0 Å². The summed E-state index contributed by atoms with van der Waals surface area (Å²) < 4.78 is 4.73. The number of carbonyl (C=O) groups is 1. The molecule has 16 heavy (non-hydrogen) atoms. The number of aromatic nitrogens is 1. The molecule has 0 spiro atoms. The van der Waals surface area contributed by atoms with Crippen LogP contribution in [0.25, 0.3) is 10.6 Å². The van der Waals surface area contributed by atoms with E-state index in [0.717, 1.165) is 16.1 Å². The fraction of sp³-hybridized carbons (Fsp3) is 0.167. The molecule has 4 heteroatoms. The maximum atomic E-state index is 11.5. The smallest absolute Gasteiger partial charge is 0.338 e. The molecular weight excluding hydrogens is 222 g/mol. The fourth-order valence-electron chi connectivity index (χ4n) is 1.41. The number of carbonyl (C=O) groups excluding carboxylic acids is 1. The lowest BCUT2D eigenvalue weighted by molar-refractivity contribution is 0.0600. The summed E-state index contributed by atoms with van der Waals surface area (Å²) in [5, 5.41) is 1.98. The Hall–Kier alpha value is -1.68. The molecule has 0 amide bonds.